The van der Waals surface area contributed by atoms with Crippen molar-refractivity contribution in [1.29, 1.82) is 0 Å². The van der Waals surface area contributed by atoms with Crippen molar-refractivity contribution in [2.24, 2.45) is 0 Å². The molecule has 0 bridgehead atoms. The van der Waals surface area contributed by atoms with Gasteiger partial charge in [0, 0.05) is 0 Å². The number of aliphatic hydroxyl groups is 1. The highest BCUT2D eigenvalue weighted by molar-refractivity contribution is 7.99. The molecule has 1 saturated heterocycles. The van der Waals surface area contributed by atoms with E-state index in [9.17, 15) is 5.11 Å². The molecule has 1 N–H and O–H groups in total. The van der Waals surface area contributed by atoms with Gasteiger partial charge >= 0.3 is 0 Å². The Morgan fingerprint density at radius 3 is 1.51 bits per heavy atom. The van der Waals surface area contributed by atoms with E-state index >= 15 is 0 Å². The molecule has 5 nitrogen and oxygen atoms in total. The lowest BCUT2D eigenvalue weighted by atomic mass is 9.99. The van der Waals surface area contributed by atoms with Gasteiger partial charge in [-0.15, -0.1) is 11.8 Å². The van der Waals surface area contributed by atoms with Crippen molar-refractivity contribution in [1.82, 2.24) is 0 Å². The van der Waals surface area contributed by atoms with Gasteiger partial charge in [-0.1, -0.05) is 97.9 Å². The quantitative estimate of drug-likeness (QED) is 0.373. The number of aliphatic hydroxyl groups excluding tert-OH is 1. The van der Waals surface area contributed by atoms with E-state index in [0.717, 1.165) is 22.4 Å². The summed E-state index contributed by atoms with van der Waals surface area (Å²) in [6, 6.07) is 30.2. The van der Waals surface area contributed by atoms with E-state index in [1.807, 2.05) is 91.0 Å². The topological polar surface area (TPSA) is 57.2 Å². The first-order chi connectivity index (χ1) is 17.3. The summed E-state index contributed by atoms with van der Waals surface area (Å²) >= 11 is 1.66. The van der Waals surface area contributed by atoms with Gasteiger partial charge in [-0.3, -0.25) is 0 Å². The van der Waals surface area contributed by atoms with E-state index in [2.05, 4.69) is 6.92 Å². The number of thioether (sulfide) groups is 1. The van der Waals surface area contributed by atoms with Crippen LogP contribution in [0.5, 0.6) is 0 Å². The first-order valence-corrected chi connectivity index (χ1v) is 13.2. The van der Waals surface area contributed by atoms with Gasteiger partial charge in [0.2, 0.25) is 0 Å². The summed E-state index contributed by atoms with van der Waals surface area (Å²) in [5, 5.41) is 10.2. The second-order valence-corrected chi connectivity index (χ2v) is 9.84. The van der Waals surface area contributed by atoms with Gasteiger partial charge in [-0.25, -0.2) is 0 Å². The summed E-state index contributed by atoms with van der Waals surface area (Å²) in [4.78, 5) is 0. The molecular weight excluding hydrogens is 460 g/mol. The Kier molecular flexibility index (Phi) is 10.2. The lowest BCUT2D eigenvalue weighted by Crippen LogP contribution is -2.60. The van der Waals surface area contributed by atoms with E-state index in [4.69, 9.17) is 18.9 Å². The molecule has 3 aromatic carbocycles. The Balaban J connectivity index is 1.58. The van der Waals surface area contributed by atoms with Crippen LogP contribution in [0.4, 0.5) is 0 Å². The van der Waals surface area contributed by atoms with Crippen molar-refractivity contribution in [2.45, 2.75) is 56.6 Å². The van der Waals surface area contributed by atoms with Crippen LogP contribution in [-0.4, -0.2) is 47.3 Å². The lowest BCUT2D eigenvalue weighted by molar-refractivity contribution is -0.251. The largest absolute Gasteiger partial charge is 0.394 e. The summed E-state index contributed by atoms with van der Waals surface area (Å²) < 4.78 is 25.7. The standard InChI is InChI=1S/C29H34O5S/c1-2-35-29-28(33-21-24-16-10-5-11-17-24)27(32-20-23-14-8-4-9-15-23)26(25(18-30)34-29)31-19-22-12-6-3-7-13-22/h3-17,25-30H,2,18-21H2,1H3/t25-,26+,27+,28-,29+/m1/s1. The highest BCUT2D eigenvalue weighted by atomic mass is 32.2. The Bertz CT molecular complexity index is 972. The predicted molar refractivity (Wildman–Crippen MR) is 139 cm³/mol. The van der Waals surface area contributed by atoms with Crippen molar-refractivity contribution < 1.29 is 24.1 Å². The number of rotatable bonds is 12. The molecular formula is C29H34O5S. The van der Waals surface area contributed by atoms with Crippen LogP contribution in [0.1, 0.15) is 23.6 Å². The summed E-state index contributed by atoms with van der Waals surface area (Å²) in [5.41, 5.74) is 2.93. The van der Waals surface area contributed by atoms with Crippen LogP contribution in [0.2, 0.25) is 0 Å². The number of hydrogen-bond acceptors (Lipinski definition) is 6. The number of benzene rings is 3. The van der Waals surface area contributed by atoms with Crippen LogP contribution in [0.3, 0.4) is 0 Å². The van der Waals surface area contributed by atoms with Gasteiger partial charge in [0.1, 0.15) is 29.9 Å². The van der Waals surface area contributed by atoms with E-state index < -0.39 is 18.3 Å². The van der Waals surface area contributed by atoms with Crippen LogP contribution in [-0.2, 0) is 38.8 Å². The smallest absolute Gasteiger partial charge is 0.132 e. The van der Waals surface area contributed by atoms with E-state index in [1.54, 1.807) is 11.8 Å². The number of ether oxygens (including phenoxy) is 4. The fraction of sp³-hybridized carbons (Fsp3) is 0.379. The third-order valence-electron chi connectivity index (χ3n) is 5.96. The molecule has 3 aromatic rings. The van der Waals surface area contributed by atoms with Gasteiger partial charge in [0.05, 0.1) is 26.4 Å². The summed E-state index contributed by atoms with van der Waals surface area (Å²) in [6.07, 6.45) is -1.79. The Hall–Kier alpha value is -2.19. The molecule has 0 spiro atoms. The fourth-order valence-corrected chi connectivity index (χ4v) is 5.16. The molecule has 0 aromatic heterocycles. The molecule has 5 atom stereocenters. The summed E-state index contributed by atoms with van der Waals surface area (Å²) in [5.74, 6) is 0.856. The van der Waals surface area contributed by atoms with Crippen LogP contribution in [0, 0.1) is 0 Å². The SMILES string of the molecule is CCS[C@@H]1O[C@H](CO)[C@H](OCc2ccccc2)[C@H](OCc2ccccc2)[C@H]1OCc1ccccc1. The normalized spacial score (nSPS) is 24.3. The molecule has 0 aliphatic carbocycles. The molecule has 186 valence electrons. The van der Waals surface area contributed by atoms with Gasteiger partial charge in [0.15, 0.2) is 0 Å². The van der Waals surface area contributed by atoms with Crippen molar-refractivity contribution >= 4 is 11.8 Å². The Morgan fingerprint density at radius 2 is 1.09 bits per heavy atom. The molecule has 1 aliphatic rings. The minimum Gasteiger partial charge on any atom is -0.394 e. The van der Waals surface area contributed by atoms with E-state index in [0.29, 0.717) is 19.8 Å². The van der Waals surface area contributed by atoms with Crippen molar-refractivity contribution in [3.05, 3.63) is 108 Å². The maximum Gasteiger partial charge on any atom is 0.132 e. The van der Waals surface area contributed by atoms with Crippen LogP contribution in [0.25, 0.3) is 0 Å². The maximum atomic E-state index is 10.2. The first kappa shape index (κ1) is 25.9. The van der Waals surface area contributed by atoms with Gasteiger partial charge < -0.3 is 24.1 Å². The molecule has 0 saturated carbocycles. The number of hydrogen-bond donors (Lipinski definition) is 1. The minimum atomic E-state index is -0.514. The van der Waals surface area contributed by atoms with Crippen LogP contribution in [0.15, 0.2) is 91.0 Å². The average molecular weight is 495 g/mol. The molecule has 1 fully saturated rings. The summed E-state index contributed by atoms with van der Waals surface area (Å²) in [6.45, 7) is 3.19. The third kappa shape index (κ3) is 7.40. The molecule has 35 heavy (non-hydrogen) atoms. The second-order valence-electron chi connectivity index (χ2n) is 8.46. The molecule has 0 amide bonds. The van der Waals surface area contributed by atoms with Crippen LogP contribution >= 0.6 is 11.8 Å². The monoisotopic (exact) mass is 494 g/mol. The van der Waals surface area contributed by atoms with Gasteiger partial charge in [-0.2, -0.15) is 0 Å². The minimum absolute atomic E-state index is 0.156. The summed E-state index contributed by atoms with van der Waals surface area (Å²) in [7, 11) is 0. The highest BCUT2D eigenvalue weighted by Crippen LogP contribution is 2.35. The molecule has 1 aliphatic heterocycles. The molecule has 1 heterocycles. The van der Waals surface area contributed by atoms with Crippen molar-refractivity contribution in [2.75, 3.05) is 12.4 Å². The van der Waals surface area contributed by atoms with Crippen molar-refractivity contribution in [3.63, 3.8) is 0 Å². The maximum absolute atomic E-state index is 10.2. The fourth-order valence-electron chi connectivity index (χ4n) is 4.19. The zero-order valence-corrected chi connectivity index (χ0v) is 20.9. The molecule has 0 radical (unpaired) electrons. The Morgan fingerprint density at radius 1 is 0.657 bits per heavy atom. The average Bonchev–Trinajstić information content (AvgIpc) is 2.92. The van der Waals surface area contributed by atoms with Crippen LogP contribution < -0.4 is 0 Å². The Labute approximate surface area is 212 Å². The highest BCUT2D eigenvalue weighted by Gasteiger charge is 2.48. The third-order valence-corrected chi connectivity index (χ3v) is 7.00. The predicted octanol–water partition coefficient (Wildman–Crippen LogP) is 5.21. The van der Waals surface area contributed by atoms with Crippen molar-refractivity contribution in [3.8, 4) is 0 Å². The first-order valence-electron chi connectivity index (χ1n) is 12.1. The second kappa shape index (κ2) is 13.8. The molecule has 0 unspecified atom stereocenters. The van der Waals surface area contributed by atoms with Gasteiger partial charge in [0.25, 0.3) is 0 Å². The van der Waals surface area contributed by atoms with E-state index in [1.165, 1.54) is 0 Å². The molecule has 4 rings (SSSR count). The van der Waals surface area contributed by atoms with Gasteiger partial charge in [-0.05, 0) is 22.4 Å². The zero-order chi connectivity index (χ0) is 24.3. The molecule has 6 heteroatoms. The zero-order valence-electron chi connectivity index (χ0n) is 20.1. The van der Waals surface area contributed by atoms with E-state index in [-0.39, 0.29) is 18.1 Å². The lowest BCUT2D eigenvalue weighted by Gasteiger charge is -2.45.